The fourth-order valence-electron chi connectivity index (χ4n) is 1.27. The van der Waals surface area contributed by atoms with Gasteiger partial charge in [0.2, 0.25) is 0 Å². The van der Waals surface area contributed by atoms with Crippen LogP contribution in [0.25, 0.3) is 0 Å². The van der Waals surface area contributed by atoms with Gasteiger partial charge in [-0.15, -0.1) is 0 Å². The summed E-state index contributed by atoms with van der Waals surface area (Å²) in [5.74, 6) is 0.513. The third-order valence-corrected chi connectivity index (χ3v) is 2.41. The van der Waals surface area contributed by atoms with Gasteiger partial charge in [0, 0.05) is 18.7 Å². The Bertz CT molecular complexity index is 260. The largest absolute Gasteiger partial charge is 0.385 e. The molecule has 0 saturated heterocycles. The van der Waals surface area contributed by atoms with Crippen LogP contribution in [0.4, 0.5) is 0 Å². The Morgan fingerprint density at radius 1 is 1.46 bits per heavy atom. The lowest BCUT2D eigenvalue weighted by molar-refractivity contribution is 0.189. The van der Waals surface area contributed by atoms with Gasteiger partial charge in [0.1, 0.15) is 0 Å². The molecule has 0 heterocycles. The number of rotatable bonds is 4. The quantitative estimate of drug-likeness (QED) is 0.720. The van der Waals surface area contributed by atoms with Crippen LogP contribution >= 0.6 is 11.6 Å². The van der Waals surface area contributed by atoms with Gasteiger partial charge in [0.05, 0.1) is 0 Å². The highest BCUT2D eigenvalue weighted by Crippen LogP contribution is 2.21. The van der Waals surface area contributed by atoms with Crippen LogP contribution in [0.5, 0.6) is 0 Å². The Labute approximate surface area is 84.7 Å². The van der Waals surface area contributed by atoms with E-state index in [1.807, 2.05) is 18.2 Å². The van der Waals surface area contributed by atoms with Gasteiger partial charge in [-0.1, -0.05) is 30.7 Å². The lowest BCUT2D eigenvalue weighted by atomic mass is 9.98. The Morgan fingerprint density at radius 2 is 2.23 bits per heavy atom. The summed E-state index contributed by atoms with van der Waals surface area (Å²) in [4.78, 5) is 0. The minimum atomic E-state index is 0.513. The van der Waals surface area contributed by atoms with Crippen molar-refractivity contribution in [2.24, 2.45) is 0 Å². The molecule has 0 N–H and O–H groups in total. The van der Waals surface area contributed by atoms with Crippen molar-refractivity contribution in [1.29, 1.82) is 0 Å². The van der Waals surface area contributed by atoms with Crippen molar-refractivity contribution in [2.75, 3.05) is 13.7 Å². The van der Waals surface area contributed by atoms with Crippen molar-refractivity contribution >= 4 is 11.6 Å². The Balaban J connectivity index is 2.60. The maximum absolute atomic E-state index is 5.89. The van der Waals surface area contributed by atoms with Gasteiger partial charge in [-0.2, -0.15) is 0 Å². The van der Waals surface area contributed by atoms with E-state index in [4.69, 9.17) is 16.3 Å². The highest BCUT2D eigenvalue weighted by molar-refractivity contribution is 6.30. The molecule has 0 amide bonds. The van der Waals surface area contributed by atoms with Gasteiger partial charge >= 0.3 is 0 Å². The molecule has 1 unspecified atom stereocenters. The fourth-order valence-corrected chi connectivity index (χ4v) is 1.47. The lowest BCUT2D eigenvalue weighted by Crippen LogP contribution is -1.98. The molecule has 1 aromatic rings. The highest BCUT2D eigenvalue weighted by atomic mass is 35.5. The molecule has 0 aliphatic heterocycles. The summed E-state index contributed by atoms with van der Waals surface area (Å²) in [6.07, 6.45) is 1.04. The second-order valence-electron chi connectivity index (χ2n) is 3.24. The zero-order valence-electron chi connectivity index (χ0n) is 8.09. The summed E-state index contributed by atoms with van der Waals surface area (Å²) in [5.41, 5.74) is 1.28. The smallest absolute Gasteiger partial charge is 0.0467 e. The normalized spacial score (nSPS) is 12.8. The molecule has 0 spiro atoms. The summed E-state index contributed by atoms with van der Waals surface area (Å²) >= 11 is 5.89. The van der Waals surface area contributed by atoms with E-state index in [2.05, 4.69) is 13.0 Å². The van der Waals surface area contributed by atoms with Crippen molar-refractivity contribution in [2.45, 2.75) is 19.3 Å². The van der Waals surface area contributed by atoms with Crippen LogP contribution in [-0.2, 0) is 4.74 Å². The predicted molar refractivity (Wildman–Crippen MR) is 56.4 cm³/mol. The molecule has 0 aromatic heterocycles. The van der Waals surface area contributed by atoms with Crippen molar-refractivity contribution in [3.63, 3.8) is 0 Å². The van der Waals surface area contributed by atoms with Crippen LogP contribution < -0.4 is 0 Å². The molecule has 0 saturated carbocycles. The molecule has 13 heavy (non-hydrogen) atoms. The molecule has 2 heteroatoms. The van der Waals surface area contributed by atoms with Crippen LogP contribution in [0.2, 0.25) is 5.02 Å². The second kappa shape index (κ2) is 5.25. The van der Waals surface area contributed by atoms with Gasteiger partial charge in [0.25, 0.3) is 0 Å². The average molecular weight is 199 g/mol. The van der Waals surface area contributed by atoms with E-state index in [0.29, 0.717) is 5.92 Å². The first-order valence-corrected chi connectivity index (χ1v) is 4.86. The Morgan fingerprint density at radius 3 is 2.85 bits per heavy atom. The molecule has 0 aliphatic carbocycles. The molecule has 1 nitrogen and oxygen atoms in total. The topological polar surface area (TPSA) is 9.23 Å². The van der Waals surface area contributed by atoms with E-state index in [1.165, 1.54) is 5.56 Å². The van der Waals surface area contributed by atoms with Gasteiger partial charge in [-0.3, -0.25) is 0 Å². The maximum Gasteiger partial charge on any atom is 0.0467 e. The second-order valence-corrected chi connectivity index (χ2v) is 3.67. The zero-order chi connectivity index (χ0) is 9.68. The van der Waals surface area contributed by atoms with Gasteiger partial charge in [-0.05, 0) is 30.0 Å². The first-order chi connectivity index (χ1) is 6.24. The average Bonchev–Trinajstić information content (AvgIpc) is 2.14. The summed E-state index contributed by atoms with van der Waals surface area (Å²) in [6.45, 7) is 2.98. The highest BCUT2D eigenvalue weighted by Gasteiger charge is 2.04. The van der Waals surface area contributed by atoms with Gasteiger partial charge < -0.3 is 4.74 Å². The molecule has 1 rings (SSSR count). The van der Waals surface area contributed by atoms with Crippen LogP contribution in [-0.4, -0.2) is 13.7 Å². The summed E-state index contributed by atoms with van der Waals surface area (Å²) in [5, 5.41) is 0.807. The van der Waals surface area contributed by atoms with Crippen molar-refractivity contribution in [1.82, 2.24) is 0 Å². The van der Waals surface area contributed by atoms with E-state index >= 15 is 0 Å². The maximum atomic E-state index is 5.89. The molecule has 72 valence electrons. The first-order valence-electron chi connectivity index (χ1n) is 4.48. The monoisotopic (exact) mass is 198 g/mol. The number of benzene rings is 1. The fraction of sp³-hybridized carbons (Fsp3) is 0.455. The summed E-state index contributed by atoms with van der Waals surface area (Å²) in [7, 11) is 1.73. The van der Waals surface area contributed by atoms with Gasteiger partial charge in [0.15, 0.2) is 0 Å². The van der Waals surface area contributed by atoms with Crippen LogP contribution in [0.15, 0.2) is 24.3 Å². The number of ether oxygens (including phenoxy) is 1. The van der Waals surface area contributed by atoms with E-state index in [0.717, 1.165) is 18.1 Å². The molecule has 1 aromatic carbocycles. The van der Waals surface area contributed by atoms with Crippen molar-refractivity contribution in [3.8, 4) is 0 Å². The van der Waals surface area contributed by atoms with Crippen LogP contribution in [0, 0.1) is 0 Å². The molecular formula is C11H15ClO. The van der Waals surface area contributed by atoms with Crippen molar-refractivity contribution < 1.29 is 4.74 Å². The minimum absolute atomic E-state index is 0.513. The minimum Gasteiger partial charge on any atom is -0.385 e. The standard InChI is InChI=1S/C11H15ClO/c1-9(6-7-13-2)10-4-3-5-11(12)8-10/h3-5,8-9H,6-7H2,1-2H3. The summed E-state index contributed by atoms with van der Waals surface area (Å²) in [6, 6.07) is 8.00. The van der Waals surface area contributed by atoms with E-state index in [1.54, 1.807) is 7.11 Å². The van der Waals surface area contributed by atoms with E-state index < -0.39 is 0 Å². The molecular weight excluding hydrogens is 184 g/mol. The third kappa shape index (κ3) is 3.37. The number of halogens is 1. The number of hydrogen-bond donors (Lipinski definition) is 0. The molecule has 0 aliphatic rings. The third-order valence-electron chi connectivity index (χ3n) is 2.17. The van der Waals surface area contributed by atoms with E-state index in [9.17, 15) is 0 Å². The molecule has 0 radical (unpaired) electrons. The van der Waals surface area contributed by atoms with Crippen LogP contribution in [0.1, 0.15) is 24.8 Å². The predicted octanol–water partition coefficient (Wildman–Crippen LogP) is 3.48. The molecule has 1 atom stereocenters. The zero-order valence-corrected chi connectivity index (χ0v) is 8.84. The molecule has 0 fully saturated rings. The number of methoxy groups -OCH3 is 1. The number of hydrogen-bond acceptors (Lipinski definition) is 1. The van der Waals surface area contributed by atoms with E-state index in [-0.39, 0.29) is 0 Å². The van der Waals surface area contributed by atoms with Gasteiger partial charge in [-0.25, -0.2) is 0 Å². The Kier molecular flexibility index (Phi) is 4.26. The first kappa shape index (κ1) is 10.6. The molecule has 0 bridgehead atoms. The Hall–Kier alpha value is -0.530. The lowest BCUT2D eigenvalue weighted by Gasteiger charge is -2.10. The summed E-state index contributed by atoms with van der Waals surface area (Å²) < 4.78 is 5.03. The van der Waals surface area contributed by atoms with Crippen LogP contribution in [0.3, 0.4) is 0 Å². The SMILES string of the molecule is COCCC(C)c1cccc(Cl)c1. The van der Waals surface area contributed by atoms with Crippen molar-refractivity contribution in [3.05, 3.63) is 34.9 Å².